The zero-order valence-corrected chi connectivity index (χ0v) is 12.0. The van der Waals surface area contributed by atoms with Crippen molar-refractivity contribution in [3.63, 3.8) is 0 Å². The molecule has 0 aromatic rings. The van der Waals surface area contributed by atoms with Gasteiger partial charge in [-0.1, -0.05) is 12.8 Å². The van der Waals surface area contributed by atoms with Crippen LogP contribution in [0.1, 0.15) is 51.4 Å². The molecule has 3 saturated carbocycles. The number of ketones is 1. The van der Waals surface area contributed by atoms with E-state index in [4.69, 9.17) is 21.1 Å². The normalized spacial score (nSPS) is 38.2. The van der Waals surface area contributed by atoms with Crippen molar-refractivity contribution in [1.29, 1.82) is 0 Å². The van der Waals surface area contributed by atoms with E-state index in [0.717, 1.165) is 38.5 Å². The fourth-order valence-corrected chi connectivity index (χ4v) is 5.86. The minimum absolute atomic E-state index is 0.0443. The van der Waals surface area contributed by atoms with Crippen LogP contribution in [-0.4, -0.2) is 30.2 Å². The molecule has 4 heteroatoms. The first-order valence-electron chi connectivity index (χ1n) is 7.61. The Hall–Kier alpha value is -0.120. The number of alkyl halides is 1. The van der Waals surface area contributed by atoms with Gasteiger partial charge in [0, 0.05) is 23.7 Å². The lowest BCUT2D eigenvalue weighted by molar-refractivity contribution is -0.217. The molecule has 4 fully saturated rings. The van der Waals surface area contributed by atoms with Crippen molar-refractivity contribution < 1.29 is 14.3 Å². The lowest BCUT2D eigenvalue weighted by Crippen LogP contribution is -2.68. The maximum atomic E-state index is 12.4. The molecule has 4 aliphatic rings. The summed E-state index contributed by atoms with van der Waals surface area (Å²) in [6, 6.07) is 0. The van der Waals surface area contributed by atoms with Crippen LogP contribution in [0.3, 0.4) is 0 Å². The first kappa shape index (κ1) is 12.6. The van der Waals surface area contributed by atoms with Crippen molar-refractivity contribution in [1.82, 2.24) is 0 Å². The predicted octanol–water partition coefficient (Wildman–Crippen LogP) is 3.04. The number of carbonyl (C=O) groups is 1. The smallest absolute Gasteiger partial charge is 0.168 e. The van der Waals surface area contributed by atoms with Gasteiger partial charge in [-0.3, -0.25) is 4.79 Å². The molecule has 1 saturated heterocycles. The molecule has 3 spiro atoms. The van der Waals surface area contributed by atoms with Gasteiger partial charge in [0.25, 0.3) is 0 Å². The summed E-state index contributed by atoms with van der Waals surface area (Å²) in [6.07, 6.45) is 8.30. The van der Waals surface area contributed by atoms with Gasteiger partial charge in [-0.25, -0.2) is 0 Å². The van der Waals surface area contributed by atoms with Crippen LogP contribution < -0.4 is 0 Å². The molecule has 1 atom stereocenters. The van der Waals surface area contributed by atoms with E-state index < -0.39 is 0 Å². The second kappa shape index (κ2) is 3.96. The summed E-state index contributed by atoms with van der Waals surface area (Å²) in [5, 5.41) is -0.260. The fraction of sp³-hybridized carbons (Fsp3) is 0.933. The van der Waals surface area contributed by atoms with Gasteiger partial charge in [-0.15, -0.1) is 11.6 Å². The Labute approximate surface area is 119 Å². The molecule has 106 valence electrons. The zero-order chi connectivity index (χ0) is 13.1. The molecule has 0 bridgehead atoms. The zero-order valence-electron chi connectivity index (χ0n) is 11.3. The van der Waals surface area contributed by atoms with E-state index in [1.165, 1.54) is 12.8 Å². The predicted molar refractivity (Wildman–Crippen MR) is 71.1 cm³/mol. The first-order chi connectivity index (χ1) is 9.14. The highest BCUT2D eigenvalue weighted by molar-refractivity contribution is 6.35. The number of hydrogen-bond acceptors (Lipinski definition) is 3. The van der Waals surface area contributed by atoms with Gasteiger partial charge in [0.1, 0.15) is 0 Å². The average molecular weight is 285 g/mol. The summed E-state index contributed by atoms with van der Waals surface area (Å²) < 4.78 is 11.6. The highest BCUT2D eigenvalue weighted by atomic mass is 35.5. The van der Waals surface area contributed by atoms with Gasteiger partial charge >= 0.3 is 0 Å². The summed E-state index contributed by atoms with van der Waals surface area (Å²) in [5.74, 6) is -0.0174. The molecule has 0 aromatic heterocycles. The molecule has 19 heavy (non-hydrogen) atoms. The third kappa shape index (κ3) is 1.39. The van der Waals surface area contributed by atoms with Crippen molar-refractivity contribution in [3.05, 3.63) is 0 Å². The van der Waals surface area contributed by atoms with E-state index in [1.807, 2.05) is 0 Å². The SMILES string of the molecule is O=C1C(Cl)C2(CCC3(CC2)OCCO3)C12CCCC2. The van der Waals surface area contributed by atoms with Gasteiger partial charge in [-0.2, -0.15) is 0 Å². The van der Waals surface area contributed by atoms with Crippen molar-refractivity contribution in [2.24, 2.45) is 10.8 Å². The van der Waals surface area contributed by atoms with Gasteiger partial charge < -0.3 is 9.47 Å². The van der Waals surface area contributed by atoms with Crippen LogP contribution in [0.15, 0.2) is 0 Å². The fourth-order valence-electron chi connectivity index (χ4n) is 5.22. The lowest BCUT2D eigenvalue weighted by Gasteiger charge is -2.63. The minimum atomic E-state index is -0.347. The van der Waals surface area contributed by atoms with E-state index >= 15 is 0 Å². The summed E-state index contributed by atoms with van der Waals surface area (Å²) in [7, 11) is 0. The highest BCUT2D eigenvalue weighted by Gasteiger charge is 2.72. The largest absolute Gasteiger partial charge is 0.348 e. The Kier molecular flexibility index (Phi) is 2.63. The average Bonchev–Trinajstić information content (AvgIpc) is 3.10. The lowest BCUT2D eigenvalue weighted by atomic mass is 9.42. The van der Waals surface area contributed by atoms with Crippen molar-refractivity contribution in [2.75, 3.05) is 13.2 Å². The Morgan fingerprint density at radius 1 is 0.947 bits per heavy atom. The number of ether oxygens (including phenoxy) is 2. The molecular formula is C15H21ClO3. The third-order valence-corrected chi connectivity index (χ3v) is 6.93. The Bertz CT molecular complexity index is 398. The third-order valence-electron chi connectivity index (χ3n) is 6.31. The highest BCUT2D eigenvalue weighted by Crippen LogP contribution is 2.70. The first-order valence-corrected chi connectivity index (χ1v) is 8.04. The Morgan fingerprint density at radius 3 is 2.11 bits per heavy atom. The second-order valence-corrected chi connectivity index (χ2v) is 7.22. The molecular weight excluding hydrogens is 264 g/mol. The van der Waals surface area contributed by atoms with Gasteiger partial charge in [-0.05, 0) is 25.7 Å². The Balaban J connectivity index is 1.59. The van der Waals surface area contributed by atoms with E-state index in [-0.39, 0.29) is 22.0 Å². The molecule has 0 aromatic carbocycles. The van der Waals surface area contributed by atoms with Gasteiger partial charge in [0.05, 0.1) is 18.6 Å². The quantitative estimate of drug-likeness (QED) is 0.642. The van der Waals surface area contributed by atoms with Gasteiger partial charge in [0.2, 0.25) is 0 Å². The van der Waals surface area contributed by atoms with Crippen LogP contribution in [0.2, 0.25) is 0 Å². The molecule has 0 radical (unpaired) electrons. The van der Waals surface area contributed by atoms with Crippen molar-refractivity contribution >= 4 is 17.4 Å². The monoisotopic (exact) mass is 284 g/mol. The number of fused-ring (bicyclic) bond motifs is 1. The van der Waals surface area contributed by atoms with Crippen LogP contribution in [0.4, 0.5) is 0 Å². The van der Waals surface area contributed by atoms with Crippen LogP contribution in [0.5, 0.6) is 0 Å². The number of hydrogen-bond donors (Lipinski definition) is 0. The summed E-state index contributed by atoms with van der Waals surface area (Å²) in [4.78, 5) is 12.4. The minimum Gasteiger partial charge on any atom is -0.348 e. The molecule has 3 nitrogen and oxygen atoms in total. The summed E-state index contributed by atoms with van der Waals surface area (Å²) in [6.45, 7) is 1.42. The van der Waals surface area contributed by atoms with Gasteiger partial charge in [0.15, 0.2) is 11.6 Å². The maximum Gasteiger partial charge on any atom is 0.168 e. The molecule has 4 rings (SSSR count). The second-order valence-electron chi connectivity index (χ2n) is 6.78. The Morgan fingerprint density at radius 2 is 1.53 bits per heavy atom. The number of Topliss-reactive ketones (excluding diaryl/α,β-unsaturated/α-hetero) is 1. The van der Waals surface area contributed by atoms with Crippen molar-refractivity contribution in [2.45, 2.75) is 62.5 Å². The van der Waals surface area contributed by atoms with E-state index in [1.54, 1.807) is 0 Å². The molecule has 1 aliphatic heterocycles. The van der Waals surface area contributed by atoms with Crippen LogP contribution in [0.25, 0.3) is 0 Å². The van der Waals surface area contributed by atoms with E-state index in [0.29, 0.717) is 19.0 Å². The number of rotatable bonds is 0. The maximum absolute atomic E-state index is 12.4. The van der Waals surface area contributed by atoms with Crippen LogP contribution in [0, 0.1) is 10.8 Å². The van der Waals surface area contributed by atoms with E-state index in [2.05, 4.69) is 0 Å². The van der Waals surface area contributed by atoms with Crippen molar-refractivity contribution in [3.8, 4) is 0 Å². The number of carbonyl (C=O) groups excluding carboxylic acids is 1. The summed E-state index contributed by atoms with van der Waals surface area (Å²) in [5.41, 5.74) is -0.0394. The molecule has 0 amide bonds. The molecule has 1 unspecified atom stereocenters. The van der Waals surface area contributed by atoms with Crippen LogP contribution in [-0.2, 0) is 14.3 Å². The molecule has 1 heterocycles. The van der Waals surface area contributed by atoms with E-state index in [9.17, 15) is 4.79 Å². The topological polar surface area (TPSA) is 35.5 Å². The summed E-state index contributed by atoms with van der Waals surface area (Å²) >= 11 is 6.47. The standard InChI is InChI=1S/C15H21ClO3/c16-11-12(17)14(3-1-2-4-14)13(11)5-7-15(8-6-13)18-9-10-19-15/h11H,1-10H2. The van der Waals surface area contributed by atoms with Crippen LogP contribution >= 0.6 is 11.6 Å². The molecule has 3 aliphatic carbocycles. The molecule has 0 N–H and O–H groups in total. The number of halogens is 1.